The largest absolute Gasteiger partial charge is 0.416 e. The topological polar surface area (TPSA) is 62.7 Å². The summed E-state index contributed by atoms with van der Waals surface area (Å²) in [4.78, 5) is 11.5. The van der Waals surface area contributed by atoms with Crippen molar-refractivity contribution in [3.8, 4) is 0 Å². The van der Waals surface area contributed by atoms with E-state index in [4.69, 9.17) is 11.6 Å². The molecule has 2 N–H and O–H groups in total. The predicted octanol–water partition coefficient (Wildman–Crippen LogP) is 3.33. The number of nitrogens with zero attached hydrogens (tertiary/aromatic N) is 3. The zero-order valence-electron chi connectivity index (χ0n) is 10.2. The highest BCUT2D eigenvalue weighted by atomic mass is 35.5. The third-order valence-electron chi connectivity index (χ3n) is 2.28. The van der Waals surface area contributed by atoms with Crippen LogP contribution in [0, 0.1) is 0 Å². The lowest BCUT2D eigenvalue weighted by atomic mass is 10.2. The van der Waals surface area contributed by atoms with Gasteiger partial charge in [-0.2, -0.15) is 28.1 Å². The highest BCUT2D eigenvalue weighted by molar-refractivity contribution is 6.28. The van der Waals surface area contributed by atoms with E-state index in [1.807, 2.05) is 0 Å². The monoisotopic (exact) mass is 303 g/mol. The summed E-state index contributed by atoms with van der Waals surface area (Å²) < 4.78 is 37.8. The van der Waals surface area contributed by atoms with Gasteiger partial charge in [-0.3, -0.25) is 0 Å². The van der Waals surface area contributed by atoms with Crippen LogP contribution in [0.25, 0.3) is 0 Å². The predicted molar refractivity (Wildman–Crippen MR) is 69.1 cm³/mol. The molecule has 0 saturated heterocycles. The van der Waals surface area contributed by atoms with Crippen molar-refractivity contribution in [3.63, 3.8) is 0 Å². The average Bonchev–Trinajstić information content (AvgIpc) is 2.37. The zero-order valence-corrected chi connectivity index (χ0v) is 10.9. The Labute approximate surface area is 117 Å². The lowest BCUT2D eigenvalue weighted by molar-refractivity contribution is -0.137. The minimum Gasteiger partial charge on any atom is -0.357 e. The molecule has 0 spiro atoms. The summed E-state index contributed by atoms with van der Waals surface area (Å²) in [6, 6.07) is 4.68. The first-order valence-electron chi connectivity index (χ1n) is 5.42. The SMILES string of the molecule is CNc1nc(Cl)nc(Nc2cccc(C(F)(F)F)c2)n1. The second-order valence-corrected chi connectivity index (χ2v) is 4.04. The Bertz CT molecular complexity index is 617. The van der Waals surface area contributed by atoms with Crippen molar-refractivity contribution in [1.29, 1.82) is 0 Å². The van der Waals surface area contributed by atoms with Crippen LogP contribution in [0.3, 0.4) is 0 Å². The smallest absolute Gasteiger partial charge is 0.357 e. The second kappa shape index (κ2) is 5.49. The molecule has 1 aromatic heterocycles. The molecule has 20 heavy (non-hydrogen) atoms. The van der Waals surface area contributed by atoms with Gasteiger partial charge in [-0.05, 0) is 29.8 Å². The maximum absolute atomic E-state index is 12.6. The molecule has 0 atom stereocenters. The van der Waals surface area contributed by atoms with Gasteiger partial charge in [0.15, 0.2) is 0 Å². The Morgan fingerprint density at radius 1 is 1.10 bits per heavy atom. The number of anilines is 3. The number of hydrogen-bond donors (Lipinski definition) is 2. The van der Waals surface area contributed by atoms with Crippen LogP contribution >= 0.6 is 11.6 Å². The van der Waals surface area contributed by atoms with Gasteiger partial charge >= 0.3 is 6.18 Å². The number of halogens is 4. The zero-order chi connectivity index (χ0) is 14.8. The van der Waals surface area contributed by atoms with E-state index in [1.165, 1.54) is 12.1 Å². The highest BCUT2D eigenvalue weighted by Crippen LogP contribution is 2.31. The number of hydrogen-bond acceptors (Lipinski definition) is 5. The van der Waals surface area contributed by atoms with Crippen molar-refractivity contribution < 1.29 is 13.2 Å². The molecule has 0 saturated carbocycles. The van der Waals surface area contributed by atoms with Crippen molar-refractivity contribution in [3.05, 3.63) is 35.1 Å². The summed E-state index contributed by atoms with van der Waals surface area (Å²) in [5, 5.41) is 5.24. The molecule has 0 bridgehead atoms. The van der Waals surface area contributed by atoms with E-state index < -0.39 is 11.7 Å². The van der Waals surface area contributed by atoms with Gasteiger partial charge in [0.05, 0.1) is 5.56 Å². The summed E-state index contributed by atoms with van der Waals surface area (Å²) in [6.07, 6.45) is -4.41. The molecular weight excluding hydrogens is 295 g/mol. The molecule has 5 nitrogen and oxygen atoms in total. The quantitative estimate of drug-likeness (QED) is 0.910. The van der Waals surface area contributed by atoms with Gasteiger partial charge in [0.2, 0.25) is 17.2 Å². The van der Waals surface area contributed by atoms with Crippen molar-refractivity contribution in [2.45, 2.75) is 6.18 Å². The standard InChI is InChI=1S/C11H9ClF3N5/c1-16-9-18-8(12)19-10(20-9)17-7-4-2-3-6(5-7)11(13,14)15/h2-5H,1H3,(H2,16,17,18,19,20). The minimum atomic E-state index is -4.41. The fourth-order valence-electron chi connectivity index (χ4n) is 1.42. The molecule has 0 unspecified atom stereocenters. The van der Waals surface area contributed by atoms with Gasteiger partial charge in [0.25, 0.3) is 0 Å². The first-order chi connectivity index (χ1) is 9.38. The Morgan fingerprint density at radius 3 is 2.45 bits per heavy atom. The summed E-state index contributed by atoms with van der Waals surface area (Å²) in [6.45, 7) is 0. The van der Waals surface area contributed by atoms with E-state index in [0.717, 1.165) is 12.1 Å². The summed E-state index contributed by atoms with van der Waals surface area (Å²) in [5.74, 6) is 0.258. The van der Waals surface area contributed by atoms with Gasteiger partial charge in [0.1, 0.15) is 0 Å². The van der Waals surface area contributed by atoms with E-state index in [0.29, 0.717) is 0 Å². The summed E-state index contributed by atoms with van der Waals surface area (Å²) in [7, 11) is 1.58. The average molecular weight is 304 g/mol. The van der Waals surface area contributed by atoms with Gasteiger partial charge in [-0.1, -0.05) is 6.07 Å². The number of aromatic nitrogens is 3. The van der Waals surface area contributed by atoms with Crippen molar-refractivity contribution in [2.75, 3.05) is 17.7 Å². The Kier molecular flexibility index (Phi) is 3.93. The second-order valence-electron chi connectivity index (χ2n) is 3.71. The minimum absolute atomic E-state index is 0.0497. The van der Waals surface area contributed by atoms with Crippen LogP contribution in [-0.2, 0) is 6.18 Å². The van der Waals surface area contributed by atoms with E-state index in [1.54, 1.807) is 7.05 Å². The number of benzene rings is 1. The summed E-state index contributed by atoms with van der Waals surface area (Å²) >= 11 is 5.68. The van der Waals surface area contributed by atoms with Gasteiger partial charge in [-0.15, -0.1) is 0 Å². The Hall–Kier alpha value is -2.09. The molecule has 0 radical (unpaired) electrons. The van der Waals surface area contributed by atoms with Gasteiger partial charge < -0.3 is 10.6 Å². The van der Waals surface area contributed by atoms with Crippen LogP contribution in [0.2, 0.25) is 5.28 Å². The van der Waals surface area contributed by atoms with Crippen molar-refractivity contribution in [2.24, 2.45) is 0 Å². The molecule has 0 aliphatic carbocycles. The van der Waals surface area contributed by atoms with Crippen LogP contribution in [0.15, 0.2) is 24.3 Å². The van der Waals surface area contributed by atoms with Crippen molar-refractivity contribution >= 4 is 29.2 Å². The van der Waals surface area contributed by atoms with E-state index in [9.17, 15) is 13.2 Å². The number of rotatable bonds is 3. The van der Waals surface area contributed by atoms with Gasteiger partial charge in [0, 0.05) is 12.7 Å². The van der Waals surface area contributed by atoms with Crippen molar-refractivity contribution in [1.82, 2.24) is 15.0 Å². The normalized spacial score (nSPS) is 11.2. The maximum atomic E-state index is 12.6. The first kappa shape index (κ1) is 14.3. The fraction of sp³-hybridized carbons (Fsp3) is 0.182. The summed E-state index contributed by atoms with van der Waals surface area (Å²) in [5.41, 5.74) is -0.569. The molecule has 0 aliphatic heterocycles. The van der Waals surface area contributed by atoms with E-state index in [-0.39, 0.29) is 22.9 Å². The lowest BCUT2D eigenvalue weighted by Gasteiger charge is -2.10. The van der Waals surface area contributed by atoms with E-state index >= 15 is 0 Å². The molecular formula is C11H9ClF3N5. The van der Waals surface area contributed by atoms with Crippen LogP contribution in [-0.4, -0.2) is 22.0 Å². The first-order valence-corrected chi connectivity index (χ1v) is 5.80. The Balaban J connectivity index is 2.28. The molecule has 1 heterocycles. The molecule has 2 rings (SSSR count). The third-order valence-corrected chi connectivity index (χ3v) is 2.45. The molecule has 9 heteroatoms. The highest BCUT2D eigenvalue weighted by Gasteiger charge is 2.30. The molecule has 1 aromatic carbocycles. The number of nitrogens with one attached hydrogen (secondary N) is 2. The molecule has 0 aliphatic rings. The maximum Gasteiger partial charge on any atom is 0.416 e. The lowest BCUT2D eigenvalue weighted by Crippen LogP contribution is -2.07. The fourth-order valence-corrected chi connectivity index (χ4v) is 1.58. The van der Waals surface area contributed by atoms with Crippen LogP contribution < -0.4 is 10.6 Å². The molecule has 0 fully saturated rings. The van der Waals surface area contributed by atoms with Crippen LogP contribution in [0.5, 0.6) is 0 Å². The Morgan fingerprint density at radius 2 is 1.80 bits per heavy atom. The van der Waals surface area contributed by atoms with Crippen LogP contribution in [0.1, 0.15) is 5.56 Å². The molecule has 0 amide bonds. The molecule has 106 valence electrons. The van der Waals surface area contributed by atoms with Gasteiger partial charge in [-0.25, -0.2) is 0 Å². The number of alkyl halides is 3. The third kappa shape index (κ3) is 3.47. The molecule has 2 aromatic rings. The van der Waals surface area contributed by atoms with Crippen LogP contribution in [0.4, 0.5) is 30.8 Å². The van der Waals surface area contributed by atoms with E-state index in [2.05, 4.69) is 25.6 Å².